The molecule has 0 amide bonds. The third-order valence-corrected chi connectivity index (χ3v) is 3.84. The minimum Gasteiger partial charge on any atom is -0.390 e. The minimum absolute atomic E-state index is 0.341. The maximum Gasteiger partial charge on any atom is 0.187 e. The van der Waals surface area contributed by atoms with Gasteiger partial charge in [0.25, 0.3) is 0 Å². The van der Waals surface area contributed by atoms with Gasteiger partial charge >= 0.3 is 0 Å². The molecule has 1 aromatic rings. The summed E-state index contributed by atoms with van der Waals surface area (Å²) >= 11 is 0. The lowest BCUT2D eigenvalue weighted by Gasteiger charge is -2.26. The van der Waals surface area contributed by atoms with E-state index in [4.69, 9.17) is 9.16 Å². The van der Waals surface area contributed by atoms with Gasteiger partial charge in [0.2, 0.25) is 0 Å². The van der Waals surface area contributed by atoms with Gasteiger partial charge in [-0.3, -0.25) is 0 Å². The molecule has 1 aromatic carbocycles. The summed E-state index contributed by atoms with van der Waals surface area (Å²) in [5, 5.41) is 0. The van der Waals surface area contributed by atoms with E-state index in [9.17, 15) is 0 Å². The molecule has 2 nitrogen and oxygen atoms in total. The largest absolute Gasteiger partial charge is 0.390 e. The standard InChI is InChI=1S/C13H20O2Si/c1-14-13(15-16(2,3)4)10-12(13)11-8-6-5-7-9-11/h5-9,12H,10H2,1-4H3/t12-,13-/m0/s1. The van der Waals surface area contributed by atoms with E-state index in [1.165, 1.54) is 5.56 Å². The summed E-state index contributed by atoms with van der Waals surface area (Å²) < 4.78 is 11.8. The molecule has 0 spiro atoms. The molecule has 1 saturated carbocycles. The van der Waals surface area contributed by atoms with E-state index < -0.39 is 8.32 Å². The molecule has 1 aliphatic carbocycles. The number of rotatable bonds is 4. The molecule has 2 atom stereocenters. The van der Waals surface area contributed by atoms with Crippen LogP contribution in [0.2, 0.25) is 19.6 Å². The van der Waals surface area contributed by atoms with E-state index in [2.05, 4.69) is 43.9 Å². The van der Waals surface area contributed by atoms with Crippen molar-refractivity contribution in [3.05, 3.63) is 35.9 Å². The topological polar surface area (TPSA) is 18.5 Å². The van der Waals surface area contributed by atoms with Crippen LogP contribution in [-0.2, 0) is 9.16 Å². The van der Waals surface area contributed by atoms with Crippen LogP contribution in [0.4, 0.5) is 0 Å². The smallest absolute Gasteiger partial charge is 0.187 e. The Morgan fingerprint density at radius 2 is 1.81 bits per heavy atom. The second kappa shape index (κ2) is 3.98. The van der Waals surface area contributed by atoms with Crippen molar-refractivity contribution in [3.8, 4) is 0 Å². The van der Waals surface area contributed by atoms with Crippen LogP contribution in [0.3, 0.4) is 0 Å². The van der Waals surface area contributed by atoms with Crippen molar-refractivity contribution >= 4 is 8.32 Å². The maximum absolute atomic E-state index is 6.17. The van der Waals surface area contributed by atoms with Crippen LogP contribution in [0.25, 0.3) is 0 Å². The molecule has 1 aliphatic rings. The first-order chi connectivity index (χ1) is 7.47. The normalized spacial score (nSPS) is 29.1. The van der Waals surface area contributed by atoms with E-state index in [1.54, 1.807) is 7.11 Å². The summed E-state index contributed by atoms with van der Waals surface area (Å²) in [6.07, 6.45) is 0.984. The summed E-state index contributed by atoms with van der Waals surface area (Å²) in [5.41, 5.74) is 1.32. The number of hydrogen-bond donors (Lipinski definition) is 0. The Kier molecular flexibility index (Phi) is 2.95. The van der Waals surface area contributed by atoms with Crippen LogP contribution >= 0.6 is 0 Å². The first-order valence-corrected chi connectivity index (χ1v) is 9.18. The molecule has 16 heavy (non-hydrogen) atoms. The van der Waals surface area contributed by atoms with Gasteiger partial charge in [0, 0.05) is 19.4 Å². The SMILES string of the molecule is CO[C@]1(O[Si](C)(C)C)C[C@H]1c1ccccc1. The van der Waals surface area contributed by atoms with Crippen molar-refractivity contribution in [2.75, 3.05) is 7.11 Å². The Bertz CT molecular complexity index is 358. The third kappa shape index (κ3) is 2.37. The Morgan fingerprint density at radius 1 is 1.19 bits per heavy atom. The lowest BCUT2D eigenvalue weighted by molar-refractivity contribution is -0.0904. The highest BCUT2D eigenvalue weighted by Gasteiger charge is 2.58. The molecule has 0 aliphatic heterocycles. The van der Waals surface area contributed by atoms with Crippen LogP contribution in [0.5, 0.6) is 0 Å². The molecule has 0 radical (unpaired) electrons. The van der Waals surface area contributed by atoms with Crippen LogP contribution in [-0.4, -0.2) is 21.2 Å². The van der Waals surface area contributed by atoms with E-state index in [1.807, 2.05) is 6.07 Å². The van der Waals surface area contributed by atoms with Crippen molar-refractivity contribution in [3.63, 3.8) is 0 Å². The van der Waals surface area contributed by atoms with E-state index in [0.717, 1.165) is 6.42 Å². The molecule has 0 unspecified atom stereocenters. The van der Waals surface area contributed by atoms with Gasteiger partial charge in [-0.1, -0.05) is 30.3 Å². The highest BCUT2D eigenvalue weighted by atomic mass is 28.4. The molecule has 0 aromatic heterocycles. The van der Waals surface area contributed by atoms with Crippen LogP contribution < -0.4 is 0 Å². The van der Waals surface area contributed by atoms with Gasteiger partial charge in [-0.05, 0) is 25.2 Å². The lowest BCUT2D eigenvalue weighted by atomic mass is 10.1. The van der Waals surface area contributed by atoms with Crippen molar-refractivity contribution in [1.82, 2.24) is 0 Å². The van der Waals surface area contributed by atoms with Gasteiger partial charge in [0.05, 0.1) is 0 Å². The molecule has 0 bridgehead atoms. The van der Waals surface area contributed by atoms with Crippen molar-refractivity contribution < 1.29 is 9.16 Å². The predicted octanol–water partition coefficient (Wildman–Crippen LogP) is 3.37. The molecule has 88 valence electrons. The van der Waals surface area contributed by atoms with Gasteiger partial charge in [-0.15, -0.1) is 0 Å². The molecule has 0 heterocycles. The molecular formula is C13H20O2Si. The predicted molar refractivity (Wildman–Crippen MR) is 68.0 cm³/mol. The van der Waals surface area contributed by atoms with Crippen LogP contribution in [0, 0.1) is 0 Å². The highest BCUT2D eigenvalue weighted by molar-refractivity contribution is 6.69. The van der Waals surface area contributed by atoms with Crippen molar-refractivity contribution in [2.24, 2.45) is 0 Å². The average molecular weight is 236 g/mol. The second-order valence-electron chi connectivity index (χ2n) is 5.40. The Balaban J connectivity index is 2.12. The van der Waals surface area contributed by atoms with Gasteiger partial charge in [0.15, 0.2) is 14.1 Å². The molecule has 3 heteroatoms. The number of ether oxygens (including phenoxy) is 1. The van der Waals surface area contributed by atoms with Crippen molar-refractivity contribution in [1.29, 1.82) is 0 Å². The van der Waals surface area contributed by atoms with E-state index in [0.29, 0.717) is 5.92 Å². The van der Waals surface area contributed by atoms with Gasteiger partial charge < -0.3 is 9.16 Å². The first-order valence-electron chi connectivity index (χ1n) is 5.77. The zero-order valence-corrected chi connectivity index (χ0v) is 11.5. The summed E-state index contributed by atoms with van der Waals surface area (Å²) in [4.78, 5) is 0. The third-order valence-electron chi connectivity index (χ3n) is 2.89. The Hall–Kier alpha value is -0.643. The van der Waals surface area contributed by atoms with Gasteiger partial charge in [-0.25, -0.2) is 0 Å². The lowest BCUT2D eigenvalue weighted by Crippen LogP contribution is -2.35. The Morgan fingerprint density at radius 3 is 2.31 bits per heavy atom. The monoisotopic (exact) mass is 236 g/mol. The zero-order chi connectivity index (χ0) is 11.8. The fourth-order valence-corrected chi connectivity index (χ4v) is 3.53. The molecule has 2 rings (SSSR count). The summed E-state index contributed by atoms with van der Waals surface area (Å²) in [7, 11) is 0.202. The average Bonchev–Trinajstić information content (AvgIpc) is 2.92. The number of benzene rings is 1. The summed E-state index contributed by atoms with van der Waals surface area (Å²) in [6, 6.07) is 10.5. The summed E-state index contributed by atoms with van der Waals surface area (Å²) in [5.74, 6) is 0.0664. The molecule has 0 N–H and O–H groups in total. The minimum atomic E-state index is -1.55. The fourth-order valence-electron chi connectivity index (χ4n) is 2.18. The van der Waals surface area contributed by atoms with Crippen molar-refractivity contribution in [2.45, 2.75) is 37.8 Å². The molecule has 1 fully saturated rings. The fraction of sp³-hybridized carbons (Fsp3) is 0.538. The van der Waals surface area contributed by atoms with Gasteiger partial charge in [-0.2, -0.15) is 0 Å². The summed E-state index contributed by atoms with van der Waals surface area (Å²) in [6.45, 7) is 6.61. The number of hydrogen-bond acceptors (Lipinski definition) is 2. The maximum atomic E-state index is 6.17. The first kappa shape index (κ1) is 11.8. The zero-order valence-electron chi connectivity index (χ0n) is 10.5. The second-order valence-corrected chi connectivity index (χ2v) is 9.83. The van der Waals surface area contributed by atoms with Gasteiger partial charge in [0.1, 0.15) is 0 Å². The van der Waals surface area contributed by atoms with Crippen LogP contribution in [0.1, 0.15) is 17.9 Å². The Labute approximate surface area is 98.7 Å². The van der Waals surface area contributed by atoms with E-state index in [-0.39, 0.29) is 5.79 Å². The van der Waals surface area contributed by atoms with Crippen LogP contribution in [0.15, 0.2) is 30.3 Å². The number of methoxy groups -OCH3 is 1. The van der Waals surface area contributed by atoms with E-state index >= 15 is 0 Å². The quantitative estimate of drug-likeness (QED) is 0.589. The molecular weight excluding hydrogens is 216 g/mol. The highest BCUT2D eigenvalue weighted by Crippen LogP contribution is 2.55. The molecule has 0 saturated heterocycles.